The van der Waals surface area contributed by atoms with Gasteiger partial charge in [0, 0.05) is 124 Å². The zero-order valence-corrected chi connectivity index (χ0v) is 84.8. The summed E-state index contributed by atoms with van der Waals surface area (Å²) >= 11 is 1.83. The van der Waals surface area contributed by atoms with E-state index >= 15 is 0 Å². The Hall–Kier alpha value is -12.2. The summed E-state index contributed by atoms with van der Waals surface area (Å²) in [6.07, 6.45) is 11.6. The third kappa shape index (κ3) is 22.9. The SMILES string of the molecule is C[Si](C)(C)c1cnc(-c2[c-]cc3sc4ccccc4c3c2)cc1-c1ccccc1.Cc1cc2c(oc3c[c-]c(-c4cc(-c5ccccc5)c([Si](C)(C)C)cn4)cc32)c(C)n1.Cc1ccc2c(n1)oc1c[c-]c(-c3cc(-c4ccccc4)c([Si](C)(C)C)cn3)cc12.[Ir].[Ir].[Ir].[c-]1ccccc1-c1ccccn1.[c-]1ccccc1-c1ccccn1.[c-]1ccccc1-c1ccccn1. The predicted octanol–water partition coefficient (Wildman–Crippen LogP) is 27.8. The van der Waals surface area contributed by atoms with Crippen LogP contribution in [0.2, 0.25) is 58.9 Å². The van der Waals surface area contributed by atoms with Gasteiger partial charge in [0.15, 0.2) is 0 Å². The summed E-state index contributed by atoms with van der Waals surface area (Å²) in [4.78, 5) is 36.3. The molecule has 129 heavy (non-hydrogen) atoms. The maximum atomic E-state index is 6.08. The van der Waals surface area contributed by atoms with Crippen molar-refractivity contribution in [2.45, 2.75) is 79.7 Å². The number of fused-ring (bicyclic) bond motifs is 9. The second kappa shape index (κ2) is 42.8. The summed E-state index contributed by atoms with van der Waals surface area (Å²) in [5, 5.41) is 11.0. The fourth-order valence-electron chi connectivity index (χ4n) is 15.2. The van der Waals surface area contributed by atoms with E-state index in [0.717, 1.165) is 123 Å². The Morgan fingerprint density at radius 2 is 0.659 bits per heavy atom. The molecule has 0 saturated carbocycles. The van der Waals surface area contributed by atoms with Gasteiger partial charge in [-0.15, -0.1) is 179 Å². The molecular formula is C112H94Ir3N8O2SSi3-6. The van der Waals surface area contributed by atoms with Crippen LogP contribution in [0.25, 0.3) is 165 Å². The molecule has 21 rings (SSSR count). The molecule has 10 nitrogen and oxygen atoms in total. The molecule has 21 aromatic rings. The number of nitrogens with zero attached hydrogens (tertiary/aromatic N) is 8. The van der Waals surface area contributed by atoms with Gasteiger partial charge >= 0.3 is 0 Å². The van der Waals surface area contributed by atoms with Crippen LogP contribution >= 0.6 is 11.3 Å². The zero-order valence-electron chi connectivity index (χ0n) is 73.8. The molecule has 0 unspecified atom stereocenters. The van der Waals surface area contributed by atoms with Crippen LogP contribution in [0.3, 0.4) is 0 Å². The number of aromatic nitrogens is 8. The van der Waals surface area contributed by atoms with E-state index in [1.165, 1.54) is 69.1 Å². The Labute approximate surface area is 803 Å². The van der Waals surface area contributed by atoms with Crippen LogP contribution < -0.4 is 15.6 Å². The zero-order chi connectivity index (χ0) is 87.3. The summed E-state index contributed by atoms with van der Waals surface area (Å²) in [5.74, 6) is 0. The van der Waals surface area contributed by atoms with Crippen molar-refractivity contribution in [2.75, 3.05) is 0 Å². The van der Waals surface area contributed by atoms with E-state index < -0.39 is 24.2 Å². The van der Waals surface area contributed by atoms with E-state index in [4.69, 9.17) is 23.8 Å². The number of rotatable bonds is 12. The van der Waals surface area contributed by atoms with Gasteiger partial charge in [0.2, 0.25) is 5.71 Å². The third-order valence-corrected chi connectivity index (χ3v) is 28.7. The fraction of sp³-hybridized carbons (Fsp3) is 0.107. The Kier molecular flexibility index (Phi) is 31.3. The van der Waals surface area contributed by atoms with E-state index in [-0.39, 0.29) is 60.3 Å². The monoisotopic (exact) mass is 2280 g/mol. The van der Waals surface area contributed by atoms with E-state index in [2.05, 4.69) is 309 Å². The first-order valence-electron chi connectivity index (χ1n) is 42.2. The molecule has 0 N–H and O–H groups in total. The number of benzene rings is 10. The van der Waals surface area contributed by atoms with Crippen LogP contribution in [0.4, 0.5) is 0 Å². The first kappa shape index (κ1) is 94.4. The second-order valence-corrected chi connectivity index (χ2v) is 50.1. The molecular weight excluding hydrogens is 2180 g/mol. The van der Waals surface area contributed by atoms with Crippen molar-refractivity contribution in [1.29, 1.82) is 0 Å². The summed E-state index contributed by atoms with van der Waals surface area (Å²) in [5.41, 5.74) is 25.4. The topological polar surface area (TPSA) is 129 Å². The molecule has 0 aliphatic carbocycles. The van der Waals surface area contributed by atoms with Gasteiger partial charge in [-0.3, -0.25) is 4.98 Å². The number of furan rings is 2. The minimum absolute atomic E-state index is 0. The average Bonchev–Trinajstić information content (AvgIpc) is 1.54. The largest absolute Gasteiger partial charge is 0.499 e. The molecule has 0 atom stereocenters. The summed E-state index contributed by atoms with van der Waals surface area (Å²) in [6, 6.07) is 127. The molecule has 0 bridgehead atoms. The van der Waals surface area contributed by atoms with Crippen LogP contribution in [-0.2, 0) is 60.3 Å². The van der Waals surface area contributed by atoms with Gasteiger partial charge in [0.25, 0.3) is 0 Å². The first-order valence-corrected chi connectivity index (χ1v) is 53.5. The maximum absolute atomic E-state index is 6.08. The molecule has 645 valence electrons. The number of aryl methyl sites for hydroxylation is 3. The van der Waals surface area contributed by atoms with E-state index in [1.807, 2.05) is 178 Å². The van der Waals surface area contributed by atoms with Crippen molar-refractivity contribution < 1.29 is 69.2 Å². The predicted molar refractivity (Wildman–Crippen MR) is 534 cm³/mol. The molecule has 17 heteroatoms. The van der Waals surface area contributed by atoms with Crippen molar-refractivity contribution in [2.24, 2.45) is 0 Å². The quantitative estimate of drug-likeness (QED) is 0.0861. The third-order valence-electron chi connectivity index (χ3n) is 21.6. The molecule has 0 spiro atoms. The minimum atomic E-state index is -1.56. The van der Waals surface area contributed by atoms with Crippen LogP contribution in [0.5, 0.6) is 0 Å². The van der Waals surface area contributed by atoms with Gasteiger partial charge in [-0.05, 0) is 156 Å². The fourth-order valence-corrected chi connectivity index (χ4v) is 20.7. The van der Waals surface area contributed by atoms with E-state index in [9.17, 15) is 0 Å². The summed E-state index contributed by atoms with van der Waals surface area (Å²) < 4.78 is 14.6. The van der Waals surface area contributed by atoms with Crippen molar-refractivity contribution in [3.63, 3.8) is 0 Å². The van der Waals surface area contributed by atoms with Crippen LogP contribution in [0.15, 0.2) is 361 Å². The standard InChI is InChI=1S/C27H25N2OSi.C26H23N2OSi.C26H22NSSi.3C11H8N.3Ir/c1-17-13-23-22-14-20(11-12-25(22)30-27(23)18(2)29-17)24-15-21(19-9-7-6-8-10-19)26(16-28-24)31(3,4)5;1-17-10-12-20-22-14-19(11-13-24(22)29-26(20)28-17)23-15-21(18-8-6-5-7-9-18)25(16-27-23)30(2,3)4;1-29(2,3)26-17-27-23(16-21(26)18-9-5-4-6-10-18)19-13-14-25-22(15-19)20-11-7-8-12-24(20)28-25;3*1-2-6-10(7-3-1)11-8-4-5-9-12-11;;;/h6-10,12-16H,1-5H3;5-10,12-16H,1-4H3;4-12,14-17H,1-3H3;3*1-6,8-9H;;;/q6*-1;;;. The Morgan fingerprint density at radius 3 is 1.06 bits per heavy atom. The maximum Gasteiger partial charge on any atom is 0.216 e. The smallest absolute Gasteiger partial charge is 0.216 e. The van der Waals surface area contributed by atoms with Crippen molar-refractivity contribution >= 4 is 115 Å². The Bertz CT molecular complexity index is 7000. The Balaban J connectivity index is 0.000000137. The number of hydrogen-bond donors (Lipinski definition) is 0. The molecule has 11 aromatic heterocycles. The Morgan fingerprint density at radius 1 is 0.279 bits per heavy atom. The number of thiophene rings is 1. The van der Waals surface area contributed by atoms with Gasteiger partial charge < -0.3 is 38.7 Å². The van der Waals surface area contributed by atoms with Crippen molar-refractivity contribution in [1.82, 2.24) is 39.9 Å². The van der Waals surface area contributed by atoms with Crippen LogP contribution in [0, 0.1) is 57.2 Å². The van der Waals surface area contributed by atoms with Gasteiger partial charge in [0.1, 0.15) is 5.58 Å². The number of pyridine rings is 8. The van der Waals surface area contributed by atoms with Crippen molar-refractivity contribution in [3.8, 4) is 101 Å². The van der Waals surface area contributed by atoms with E-state index in [0.29, 0.717) is 5.71 Å². The minimum Gasteiger partial charge on any atom is -0.499 e. The molecule has 0 fully saturated rings. The molecule has 11 heterocycles. The molecule has 0 amide bonds. The molecule has 0 saturated heterocycles. The van der Waals surface area contributed by atoms with Gasteiger partial charge in [0.05, 0.1) is 41.1 Å². The van der Waals surface area contributed by atoms with Gasteiger partial charge in [-0.25, -0.2) is 4.98 Å². The average molecular weight is 2280 g/mol. The van der Waals surface area contributed by atoms with Crippen LogP contribution in [-0.4, -0.2) is 64.1 Å². The normalized spacial score (nSPS) is 11.1. The van der Waals surface area contributed by atoms with E-state index in [1.54, 1.807) is 18.6 Å². The van der Waals surface area contributed by atoms with Gasteiger partial charge in [-0.2, -0.15) is 11.3 Å². The van der Waals surface area contributed by atoms with Gasteiger partial charge in [-0.1, -0.05) is 239 Å². The summed E-state index contributed by atoms with van der Waals surface area (Å²) in [7, 11) is -4.64. The van der Waals surface area contributed by atoms with Crippen molar-refractivity contribution in [3.05, 3.63) is 406 Å². The molecule has 10 aromatic carbocycles. The van der Waals surface area contributed by atoms with Crippen LogP contribution in [0.1, 0.15) is 17.1 Å². The number of hydrogen-bond acceptors (Lipinski definition) is 11. The molecule has 0 aliphatic heterocycles. The second-order valence-electron chi connectivity index (χ2n) is 33.9. The first-order chi connectivity index (χ1) is 61.1. The molecule has 3 radical (unpaired) electrons. The molecule has 0 aliphatic rings. The summed E-state index contributed by atoms with van der Waals surface area (Å²) in [6.45, 7) is 27.3.